The largest absolute Gasteiger partial charge is 0.369 e. The van der Waals surface area contributed by atoms with Crippen LogP contribution in [0.2, 0.25) is 0 Å². The third-order valence-electron chi connectivity index (χ3n) is 3.54. The fourth-order valence-electron chi connectivity index (χ4n) is 2.23. The lowest BCUT2D eigenvalue weighted by molar-refractivity contribution is 0.367. The molecular weight excluding hydrogens is 220 g/mol. The van der Waals surface area contributed by atoms with Crippen LogP contribution >= 0.6 is 0 Å². The Morgan fingerprint density at radius 1 is 0.833 bits per heavy atom. The average Bonchev–Trinajstić information content (AvgIpc) is 3.14. The number of rotatable bonds is 11. The lowest BCUT2D eigenvalue weighted by Gasteiger charge is -1.95. The van der Waals surface area contributed by atoms with E-state index in [9.17, 15) is 0 Å². The van der Waals surface area contributed by atoms with Crippen molar-refractivity contribution in [1.29, 1.82) is 0 Å². The maximum absolute atomic E-state index is 5.49. The molecule has 1 fully saturated rings. The predicted octanol–water partition coefficient (Wildman–Crippen LogP) is 5.42. The van der Waals surface area contributed by atoms with Gasteiger partial charge in [-0.1, -0.05) is 63.8 Å². The Kier molecular flexibility index (Phi) is 8.93. The molecule has 0 bridgehead atoms. The van der Waals surface area contributed by atoms with Gasteiger partial charge in [-0.25, -0.2) is 0 Å². The second-order valence-corrected chi connectivity index (χ2v) is 5.24. The highest BCUT2D eigenvalue weighted by Crippen LogP contribution is 2.28. The van der Waals surface area contributed by atoms with Crippen LogP contribution in [-0.2, 0) is 4.74 Å². The molecule has 0 aromatic rings. The molecule has 1 heterocycles. The molecule has 1 aliphatic heterocycles. The molecule has 1 rings (SSSR count). The number of allylic oxidation sites excluding steroid dienone is 3. The second kappa shape index (κ2) is 10.4. The maximum Gasteiger partial charge on any atom is 0.0876 e. The van der Waals surface area contributed by atoms with Crippen LogP contribution in [0.4, 0.5) is 0 Å². The average molecular weight is 250 g/mol. The molecule has 0 aromatic heterocycles. The van der Waals surface area contributed by atoms with Gasteiger partial charge >= 0.3 is 0 Å². The summed E-state index contributed by atoms with van der Waals surface area (Å²) in [6, 6.07) is 0. The highest BCUT2D eigenvalue weighted by molar-refractivity contribution is 4.97. The van der Waals surface area contributed by atoms with Crippen LogP contribution in [-0.4, -0.2) is 12.2 Å². The van der Waals surface area contributed by atoms with Gasteiger partial charge in [-0.3, -0.25) is 0 Å². The van der Waals surface area contributed by atoms with Gasteiger partial charge in [-0.15, -0.1) is 0 Å². The van der Waals surface area contributed by atoms with Crippen LogP contribution in [0.1, 0.15) is 71.6 Å². The van der Waals surface area contributed by atoms with Gasteiger partial charge < -0.3 is 4.74 Å². The molecule has 0 N–H and O–H groups in total. The van der Waals surface area contributed by atoms with Crippen molar-refractivity contribution >= 4 is 0 Å². The van der Waals surface area contributed by atoms with Gasteiger partial charge in [0.2, 0.25) is 0 Å². The summed E-state index contributed by atoms with van der Waals surface area (Å²) in [5, 5.41) is 0. The Morgan fingerprint density at radius 3 is 2.33 bits per heavy atom. The van der Waals surface area contributed by atoms with Crippen molar-refractivity contribution in [2.45, 2.75) is 83.8 Å². The van der Waals surface area contributed by atoms with Crippen molar-refractivity contribution in [3.8, 4) is 0 Å². The van der Waals surface area contributed by atoms with Gasteiger partial charge in [0.05, 0.1) is 12.2 Å². The Hall–Kier alpha value is -0.560. The van der Waals surface area contributed by atoms with E-state index < -0.39 is 0 Å². The summed E-state index contributed by atoms with van der Waals surface area (Å²) in [6.07, 6.45) is 21.7. The fourth-order valence-corrected chi connectivity index (χ4v) is 2.23. The molecule has 2 atom stereocenters. The molecule has 1 nitrogen and oxygen atoms in total. The number of hydrogen-bond donors (Lipinski definition) is 0. The van der Waals surface area contributed by atoms with Gasteiger partial charge in [0.1, 0.15) is 0 Å². The van der Waals surface area contributed by atoms with Crippen molar-refractivity contribution in [2.75, 3.05) is 0 Å². The van der Waals surface area contributed by atoms with E-state index in [0.717, 1.165) is 19.3 Å². The van der Waals surface area contributed by atoms with Gasteiger partial charge in [0, 0.05) is 0 Å². The number of hydrogen-bond acceptors (Lipinski definition) is 1. The zero-order chi connectivity index (χ0) is 13.1. The molecule has 0 aromatic carbocycles. The van der Waals surface area contributed by atoms with Crippen LogP contribution in [0.5, 0.6) is 0 Å². The number of epoxide rings is 1. The van der Waals surface area contributed by atoms with E-state index in [1.807, 2.05) is 0 Å². The van der Waals surface area contributed by atoms with Crippen LogP contribution in [0, 0.1) is 0 Å². The van der Waals surface area contributed by atoms with Crippen LogP contribution < -0.4 is 0 Å². The highest BCUT2D eigenvalue weighted by Gasteiger charge is 2.35. The van der Waals surface area contributed by atoms with Gasteiger partial charge in [0.25, 0.3) is 0 Å². The predicted molar refractivity (Wildman–Crippen MR) is 79.8 cm³/mol. The fraction of sp³-hybridized carbons (Fsp3) is 0.765. The minimum absolute atomic E-state index is 0.522. The second-order valence-electron chi connectivity index (χ2n) is 5.24. The first kappa shape index (κ1) is 15.5. The Bertz CT molecular complexity index is 242. The summed E-state index contributed by atoms with van der Waals surface area (Å²) in [5.41, 5.74) is 0. The lowest BCUT2D eigenvalue weighted by atomic mass is 10.1. The summed E-state index contributed by atoms with van der Waals surface area (Å²) >= 11 is 0. The molecule has 18 heavy (non-hydrogen) atoms. The molecule has 0 aliphatic carbocycles. The van der Waals surface area contributed by atoms with Crippen molar-refractivity contribution in [3.63, 3.8) is 0 Å². The number of ether oxygens (including phenoxy) is 1. The maximum atomic E-state index is 5.49. The van der Waals surface area contributed by atoms with Crippen molar-refractivity contribution < 1.29 is 4.74 Å². The molecule has 1 aliphatic rings. The minimum atomic E-state index is 0.522. The first-order chi connectivity index (χ1) is 8.88. The standard InChI is InChI=1S/C17H30O/c1-3-5-6-7-8-9-10-11-12-13-14-15-17-16(4-2)18-17/h10-11,13-14,16-17H,3-9,12,15H2,1-2H3/b11-10-,14-13-. The topological polar surface area (TPSA) is 12.5 Å². The van der Waals surface area contributed by atoms with E-state index in [2.05, 4.69) is 38.2 Å². The molecule has 1 heteroatoms. The summed E-state index contributed by atoms with van der Waals surface area (Å²) in [7, 11) is 0. The molecule has 104 valence electrons. The van der Waals surface area contributed by atoms with Gasteiger partial charge in [-0.2, -0.15) is 0 Å². The normalized spacial score (nSPS) is 23.2. The van der Waals surface area contributed by atoms with Crippen molar-refractivity contribution in [2.24, 2.45) is 0 Å². The summed E-state index contributed by atoms with van der Waals surface area (Å²) in [5.74, 6) is 0. The summed E-state index contributed by atoms with van der Waals surface area (Å²) < 4.78 is 5.49. The van der Waals surface area contributed by atoms with Crippen molar-refractivity contribution in [1.82, 2.24) is 0 Å². The van der Waals surface area contributed by atoms with E-state index >= 15 is 0 Å². The zero-order valence-corrected chi connectivity index (χ0v) is 12.2. The van der Waals surface area contributed by atoms with Gasteiger partial charge in [0.15, 0.2) is 0 Å². The molecule has 0 amide bonds. The smallest absolute Gasteiger partial charge is 0.0876 e. The third-order valence-corrected chi connectivity index (χ3v) is 3.54. The Labute approximate surface area is 113 Å². The van der Waals surface area contributed by atoms with Gasteiger partial charge in [-0.05, 0) is 32.1 Å². The highest BCUT2D eigenvalue weighted by atomic mass is 16.6. The lowest BCUT2D eigenvalue weighted by Crippen LogP contribution is -1.88. The minimum Gasteiger partial charge on any atom is -0.369 e. The molecule has 2 unspecified atom stereocenters. The Morgan fingerprint density at radius 2 is 1.61 bits per heavy atom. The van der Waals surface area contributed by atoms with Crippen LogP contribution in [0.3, 0.4) is 0 Å². The van der Waals surface area contributed by atoms with E-state index in [-0.39, 0.29) is 0 Å². The molecule has 0 spiro atoms. The molecule has 1 saturated heterocycles. The first-order valence-electron chi connectivity index (χ1n) is 7.84. The first-order valence-corrected chi connectivity index (χ1v) is 7.84. The molecular formula is C17H30O. The summed E-state index contributed by atoms with van der Waals surface area (Å²) in [4.78, 5) is 0. The van der Waals surface area contributed by atoms with E-state index in [4.69, 9.17) is 4.74 Å². The van der Waals surface area contributed by atoms with Crippen LogP contribution in [0.25, 0.3) is 0 Å². The quantitative estimate of drug-likeness (QED) is 0.271. The SMILES string of the molecule is CCCCCCC/C=C\C/C=C\CC1OC1CC. The van der Waals surface area contributed by atoms with E-state index in [0.29, 0.717) is 12.2 Å². The third kappa shape index (κ3) is 7.71. The summed E-state index contributed by atoms with van der Waals surface area (Å²) in [6.45, 7) is 4.46. The number of unbranched alkanes of at least 4 members (excludes halogenated alkanes) is 5. The van der Waals surface area contributed by atoms with Crippen molar-refractivity contribution in [3.05, 3.63) is 24.3 Å². The Balaban J connectivity index is 1.83. The van der Waals surface area contributed by atoms with Crippen LogP contribution in [0.15, 0.2) is 24.3 Å². The monoisotopic (exact) mass is 250 g/mol. The van der Waals surface area contributed by atoms with E-state index in [1.165, 1.54) is 38.5 Å². The molecule has 0 radical (unpaired) electrons. The molecule has 0 saturated carbocycles. The van der Waals surface area contributed by atoms with E-state index in [1.54, 1.807) is 0 Å². The zero-order valence-electron chi connectivity index (χ0n) is 12.2.